The Balaban J connectivity index is 3.01. The van der Waals surface area contributed by atoms with E-state index in [2.05, 4.69) is 25.9 Å². The molecule has 0 spiro atoms. The Bertz CT molecular complexity index is 416. The van der Waals surface area contributed by atoms with Crippen molar-refractivity contribution in [2.75, 3.05) is 0 Å². The molecule has 16 heavy (non-hydrogen) atoms. The van der Waals surface area contributed by atoms with E-state index in [-0.39, 0.29) is 5.41 Å². The minimum atomic E-state index is -0.482. The molecule has 0 unspecified atom stereocenters. The maximum atomic E-state index is 11.5. The van der Waals surface area contributed by atoms with E-state index in [9.17, 15) is 4.79 Å². The van der Waals surface area contributed by atoms with Gasteiger partial charge in [-0.15, -0.1) is 0 Å². The highest BCUT2D eigenvalue weighted by Gasteiger charge is 2.16. The number of halogens is 1. The van der Waals surface area contributed by atoms with Gasteiger partial charge in [-0.05, 0) is 11.0 Å². The molecular weight excluding hydrogens is 226 g/mol. The molecule has 0 aliphatic rings. The minimum absolute atomic E-state index is 0.0381. The molecule has 3 nitrogen and oxygen atoms in total. The number of benzene rings is 1. The predicted octanol–water partition coefficient (Wildman–Crippen LogP) is 3.19. The zero-order chi connectivity index (χ0) is 12.3. The lowest BCUT2D eigenvalue weighted by atomic mass is 9.86. The molecular formula is C12H14ClNO2. The summed E-state index contributed by atoms with van der Waals surface area (Å²) in [5.41, 5.74) is 1.58. The smallest absolute Gasteiger partial charge is 0.226 e. The van der Waals surface area contributed by atoms with Crippen molar-refractivity contribution >= 4 is 22.6 Å². The molecule has 0 fully saturated rings. The molecule has 0 atom stereocenters. The summed E-state index contributed by atoms with van der Waals surface area (Å²) in [5.74, 6) is -0.482. The molecule has 1 aromatic carbocycles. The van der Waals surface area contributed by atoms with Crippen molar-refractivity contribution in [3.8, 4) is 0 Å². The van der Waals surface area contributed by atoms with Crippen molar-refractivity contribution in [2.45, 2.75) is 26.2 Å². The summed E-state index contributed by atoms with van der Waals surface area (Å²) in [6.45, 7) is 6.27. The number of nitrogens with zero attached hydrogens (tertiary/aromatic N) is 1. The molecule has 0 aromatic heterocycles. The molecule has 0 saturated carbocycles. The van der Waals surface area contributed by atoms with Crippen LogP contribution in [-0.2, 0) is 5.41 Å². The molecule has 1 N–H and O–H groups in total. The number of hydrogen-bond donors (Lipinski definition) is 1. The molecule has 0 aliphatic carbocycles. The summed E-state index contributed by atoms with van der Waals surface area (Å²) in [6, 6.07) is 7.09. The van der Waals surface area contributed by atoms with Crippen LogP contribution in [0.5, 0.6) is 0 Å². The quantitative estimate of drug-likeness (QED) is 0.373. The fourth-order valence-electron chi connectivity index (χ4n) is 1.29. The molecule has 0 bridgehead atoms. The molecule has 0 aliphatic heterocycles. The van der Waals surface area contributed by atoms with Crippen molar-refractivity contribution in [3.05, 3.63) is 35.4 Å². The molecule has 4 heteroatoms. The number of ketones is 1. The van der Waals surface area contributed by atoms with E-state index >= 15 is 0 Å². The molecule has 86 valence electrons. The number of hydrogen-bond acceptors (Lipinski definition) is 3. The van der Waals surface area contributed by atoms with E-state index < -0.39 is 11.0 Å². The first-order valence-corrected chi connectivity index (χ1v) is 5.27. The van der Waals surface area contributed by atoms with Gasteiger partial charge in [-0.1, -0.05) is 61.8 Å². The molecule has 0 amide bonds. The number of oxime groups is 1. The van der Waals surface area contributed by atoms with Crippen molar-refractivity contribution < 1.29 is 10.0 Å². The summed E-state index contributed by atoms with van der Waals surface area (Å²) >= 11 is 5.43. The zero-order valence-corrected chi connectivity index (χ0v) is 10.2. The van der Waals surface area contributed by atoms with E-state index in [4.69, 9.17) is 16.8 Å². The largest absolute Gasteiger partial charge is 0.410 e. The Morgan fingerprint density at radius 2 is 1.75 bits per heavy atom. The van der Waals surface area contributed by atoms with Crippen LogP contribution in [0.2, 0.25) is 0 Å². The van der Waals surface area contributed by atoms with Gasteiger partial charge in [0.15, 0.2) is 0 Å². The summed E-state index contributed by atoms with van der Waals surface area (Å²) in [6.07, 6.45) is 0. The Morgan fingerprint density at radius 3 is 2.12 bits per heavy atom. The minimum Gasteiger partial charge on any atom is -0.410 e. The van der Waals surface area contributed by atoms with E-state index in [1.54, 1.807) is 12.1 Å². The third-order valence-electron chi connectivity index (χ3n) is 2.29. The van der Waals surface area contributed by atoms with Crippen molar-refractivity contribution in [2.24, 2.45) is 5.16 Å². The first kappa shape index (κ1) is 12.7. The lowest BCUT2D eigenvalue weighted by Gasteiger charge is -2.18. The molecule has 0 heterocycles. The van der Waals surface area contributed by atoms with Gasteiger partial charge in [0.2, 0.25) is 11.0 Å². The predicted molar refractivity (Wildman–Crippen MR) is 64.5 cm³/mol. The lowest BCUT2D eigenvalue weighted by molar-refractivity contribution is 0.106. The first-order chi connectivity index (χ1) is 7.36. The third kappa shape index (κ3) is 2.83. The maximum Gasteiger partial charge on any atom is 0.226 e. The topological polar surface area (TPSA) is 49.7 Å². The summed E-state index contributed by atoms with van der Waals surface area (Å²) in [4.78, 5) is 11.5. The van der Waals surface area contributed by atoms with Gasteiger partial charge in [0.1, 0.15) is 0 Å². The number of Topliss-reactive ketones (excluding diaryl/α,β-unsaturated/α-hetero) is 1. The highest BCUT2D eigenvalue weighted by atomic mass is 35.5. The average molecular weight is 240 g/mol. The Morgan fingerprint density at radius 1 is 1.25 bits per heavy atom. The maximum absolute atomic E-state index is 11.5. The Labute approximate surface area is 99.7 Å². The zero-order valence-electron chi connectivity index (χ0n) is 9.49. The highest BCUT2D eigenvalue weighted by molar-refractivity contribution is 6.84. The second-order valence-electron chi connectivity index (χ2n) is 4.55. The van der Waals surface area contributed by atoms with Crippen molar-refractivity contribution in [3.63, 3.8) is 0 Å². The monoisotopic (exact) mass is 239 g/mol. The average Bonchev–Trinajstić information content (AvgIpc) is 2.26. The van der Waals surface area contributed by atoms with Crippen LogP contribution in [-0.4, -0.2) is 16.2 Å². The van der Waals surface area contributed by atoms with Crippen LogP contribution in [0, 0.1) is 0 Å². The van der Waals surface area contributed by atoms with Crippen LogP contribution < -0.4 is 0 Å². The van der Waals surface area contributed by atoms with E-state index in [1.165, 1.54) is 0 Å². The SMILES string of the molecule is CC(C)(C)c1ccc(C(=O)C(Cl)=NO)cc1. The fraction of sp³-hybridized carbons (Fsp3) is 0.333. The molecule has 0 saturated heterocycles. The molecule has 0 radical (unpaired) electrons. The summed E-state index contributed by atoms with van der Waals surface area (Å²) < 4.78 is 0. The van der Waals surface area contributed by atoms with Gasteiger partial charge >= 0.3 is 0 Å². The van der Waals surface area contributed by atoms with Crippen LogP contribution in [0.15, 0.2) is 29.4 Å². The van der Waals surface area contributed by atoms with Gasteiger partial charge in [0, 0.05) is 5.56 Å². The normalized spacial score (nSPS) is 12.6. The van der Waals surface area contributed by atoms with Gasteiger partial charge in [-0.25, -0.2) is 0 Å². The van der Waals surface area contributed by atoms with Crippen LogP contribution in [0.25, 0.3) is 0 Å². The fourth-order valence-corrected chi connectivity index (χ4v) is 1.40. The van der Waals surface area contributed by atoms with Gasteiger partial charge in [-0.2, -0.15) is 0 Å². The van der Waals surface area contributed by atoms with Crippen LogP contribution >= 0.6 is 11.6 Å². The first-order valence-electron chi connectivity index (χ1n) is 4.89. The molecule has 1 aromatic rings. The summed E-state index contributed by atoms with van der Waals surface area (Å²) in [5, 5.41) is 10.6. The standard InChI is InChI=1S/C12H14ClNO2/c1-12(2,3)9-6-4-8(5-7-9)10(15)11(13)14-16/h4-7,16H,1-3H3. The molecule has 1 rings (SSSR count). The van der Waals surface area contributed by atoms with E-state index in [1.807, 2.05) is 12.1 Å². The van der Waals surface area contributed by atoms with E-state index in [0.29, 0.717) is 5.56 Å². The third-order valence-corrected chi connectivity index (χ3v) is 2.54. The van der Waals surface area contributed by atoms with Crippen molar-refractivity contribution in [1.82, 2.24) is 0 Å². The lowest BCUT2D eigenvalue weighted by Crippen LogP contribution is -2.12. The van der Waals surface area contributed by atoms with Crippen LogP contribution in [0.4, 0.5) is 0 Å². The van der Waals surface area contributed by atoms with Gasteiger partial charge in [0.05, 0.1) is 0 Å². The summed E-state index contributed by atoms with van der Waals surface area (Å²) in [7, 11) is 0. The van der Waals surface area contributed by atoms with Crippen LogP contribution in [0.3, 0.4) is 0 Å². The highest BCUT2D eigenvalue weighted by Crippen LogP contribution is 2.22. The second kappa shape index (κ2) is 4.66. The number of carbonyl (C=O) groups is 1. The van der Waals surface area contributed by atoms with Crippen LogP contribution in [0.1, 0.15) is 36.7 Å². The van der Waals surface area contributed by atoms with E-state index in [0.717, 1.165) is 5.56 Å². The van der Waals surface area contributed by atoms with Crippen molar-refractivity contribution in [1.29, 1.82) is 0 Å². The number of rotatable bonds is 2. The van der Waals surface area contributed by atoms with Gasteiger partial charge in [-0.3, -0.25) is 4.79 Å². The Kier molecular flexibility index (Phi) is 3.70. The number of carbonyl (C=O) groups excluding carboxylic acids is 1. The second-order valence-corrected chi connectivity index (χ2v) is 4.91. The Hall–Kier alpha value is -1.35. The van der Waals surface area contributed by atoms with Gasteiger partial charge < -0.3 is 5.21 Å². The van der Waals surface area contributed by atoms with Gasteiger partial charge in [0.25, 0.3) is 0 Å².